The molecule has 0 spiro atoms. The van der Waals surface area contributed by atoms with Crippen LogP contribution in [0.3, 0.4) is 0 Å². The fourth-order valence-electron chi connectivity index (χ4n) is 4.31. The lowest BCUT2D eigenvalue weighted by Crippen LogP contribution is -2.40. The normalized spacial score (nSPS) is 19.5. The molecule has 0 saturated heterocycles. The summed E-state index contributed by atoms with van der Waals surface area (Å²) in [5.74, 6) is -0.904. The highest BCUT2D eigenvalue weighted by Gasteiger charge is 2.40. The summed E-state index contributed by atoms with van der Waals surface area (Å²) in [5.41, 5.74) is 0.769. The van der Waals surface area contributed by atoms with Crippen LogP contribution < -0.4 is 9.64 Å². The van der Waals surface area contributed by atoms with Gasteiger partial charge in [0.1, 0.15) is 0 Å². The van der Waals surface area contributed by atoms with Crippen molar-refractivity contribution in [1.82, 2.24) is 0 Å². The number of aromatic hydroxyl groups is 1. The number of hydrogen-bond acceptors (Lipinski definition) is 4. The van der Waals surface area contributed by atoms with E-state index in [9.17, 15) is 27.9 Å². The highest BCUT2D eigenvalue weighted by molar-refractivity contribution is 6.07. The molecule has 0 saturated carbocycles. The maximum absolute atomic E-state index is 13.2. The number of benzene rings is 2. The molecule has 31 heavy (non-hydrogen) atoms. The van der Waals surface area contributed by atoms with Crippen LogP contribution in [0, 0.1) is 0 Å². The lowest BCUT2D eigenvalue weighted by atomic mass is 9.77. The van der Waals surface area contributed by atoms with E-state index in [-0.39, 0.29) is 35.3 Å². The van der Waals surface area contributed by atoms with Crippen molar-refractivity contribution < 1.29 is 32.6 Å². The van der Waals surface area contributed by atoms with Crippen LogP contribution in [-0.2, 0) is 15.8 Å². The first-order valence-electron chi connectivity index (χ1n) is 9.84. The minimum atomic E-state index is -4.54. The Morgan fingerprint density at radius 1 is 1.10 bits per heavy atom. The molecule has 1 unspecified atom stereocenters. The number of carbonyl (C=O) groups is 2. The number of rotatable bonds is 3. The Morgan fingerprint density at radius 2 is 1.87 bits per heavy atom. The van der Waals surface area contributed by atoms with Crippen LogP contribution in [-0.4, -0.2) is 23.9 Å². The van der Waals surface area contributed by atoms with Crippen molar-refractivity contribution in [1.29, 1.82) is 0 Å². The van der Waals surface area contributed by atoms with Crippen LogP contribution in [0.25, 0.3) is 0 Å². The second-order valence-electron chi connectivity index (χ2n) is 7.60. The number of hydrogen-bond donors (Lipinski definition) is 1. The molecule has 2 aromatic rings. The van der Waals surface area contributed by atoms with Gasteiger partial charge in [-0.3, -0.25) is 14.5 Å². The van der Waals surface area contributed by atoms with Gasteiger partial charge in [0.2, 0.25) is 5.91 Å². The Bertz CT molecular complexity index is 1090. The smallest absolute Gasteiger partial charge is 0.416 e. The first-order chi connectivity index (χ1) is 14.7. The van der Waals surface area contributed by atoms with E-state index in [1.807, 2.05) is 0 Å². The third-order valence-electron chi connectivity index (χ3n) is 5.71. The number of Topliss-reactive ketones (excluding diaryl/α,β-unsaturated/α-hetero) is 1. The van der Waals surface area contributed by atoms with E-state index in [0.29, 0.717) is 36.1 Å². The number of alkyl halides is 3. The maximum atomic E-state index is 13.2. The molecule has 2 aliphatic rings. The van der Waals surface area contributed by atoms with E-state index in [1.165, 1.54) is 30.2 Å². The van der Waals surface area contributed by atoms with Crippen molar-refractivity contribution >= 4 is 17.4 Å². The summed E-state index contributed by atoms with van der Waals surface area (Å²) in [6, 6.07) is 9.23. The summed E-state index contributed by atoms with van der Waals surface area (Å²) >= 11 is 0. The molecule has 1 atom stereocenters. The van der Waals surface area contributed by atoms with Crippen LogP contribution in [0.15, 0.2) is 53.7 Å². The van der Waals surface area contributed by atoms with Gasteiger partial charge in [-0.05, 0) is 48.7 Å². The molecule has 1 N–H and O–H groups in total. The van der Waals surface area contributed by atoms with Gasteiger partial charge in [0.05, 0.1) is 12.7 Å². The number of carbonyl (C=O) groups excluding carboxylic acids is 2. The Labute approximate surface area is 176 Å². The molecule has 0 aromatic heterocycles. The third kappa shape index (κ3) is 3.78. The van der Waals surface area contributed by atoms with Crippen LogP contribution in [0.5, 0.6) is 11.5 Å². The summed E-state index contributed by atoms with van der Waals surface area (Å²) in [7, 11) is 1.40. The van der Waals surface area contributed by atoms with Crippen LogP contribution in [0.1, 0.15) is 42.7 Å². The molecular weight excluding hydrogens is 411 g/mol. The molecule has 0 radical (unpaired) electrons. The molecule has 1 amide bonds. The molecular formula is C23H20F3NO4. The lowest BCUT2D eigenvalue weighted by molar-refractivity contribution is -0.137. The number of phenols is 1. The van der Waals surface area contributed by atoms with Gasteiger partial charge in [0, 0.05) is 35.7 Å². The lowest BCUT2D eigenvalue weighted by Gasteiger charge is -2.38. The van der Waals surface area contributed by atoms with E-state index in [1.54, 1.807) is 12.1 Å². The SMILES string of the molecule is COc1cc(C2CC(=O)N(c3cccc(C(F)(F)F)c3)C3=C2C(=O)CCC3)ccc1O. The zero-order valence-electron chi connectivity index (χ0n) is 16.7. The Morgan fingerprint density at radius 3 is 2.58 bits per heavy atom. The Kier molecular flexibility index (Phi) is 5.24. The Balaban J connectivity index is 1.84. The largest absolute Gasteiger partial charge is 0.504 e. The number of allylic oxidation sites excluding steroid dienone is 2. The molecule has 0 fully saturated rings. The van der Waals surface area contributed by atoms with Crippen molar-refractivity contribution in [2.75, 3.05) is 12.0 Å². The molecule has 1 aliphatic carbocycles. The zero-order valence-corrected chi connectivity index (χ0v) is 16.7. The molecule has 0 bridgehead atoms. The molecule has 1 heterocycles. The zero-order chi connectivity index (χ0) is 22.3. The van der Waals surface area contributed by atoms with Gasteiger partial charge in [-0.1, -0.05) is 12.1 Å². The number of ketones is 1. The third-order valence-corrected chi connectivity index (χ3v) is 5.71. The van der Waals surface area contributed by atoms with E-state index in [0.717, 1.165) is 12.1 Å². The maximum Gasteiger partial charge on any atom is 0.416 e. The second kappa shape index (κ2) is 7.76. The van der Waals surface area contributed by atoms with Crippen molar-refractivity contribution in [2.45, 2.75) is 37.8 Å². The van der Waals surface area contributed by atoms with E-state index in [4.69, 9.17) is 4.74 Å². The van der Waals surface area contributed by atoms with Crippen molar-refractivity contribution in [3.05, 3.63) is 64.9 Å². The summed E-state index contributed by atoms with van der Waals surface area (Å²) < 4.78 is 44.8. The van der Waals surface area contributed by atoms with Gasteiger partial charge in [-0.25, -0.2) is 0 Å². The predicted molar refractivity (Wildman–Crippen MR) is 107 cm³/mol. The first-order valence-corrected chi connectivity index (χ1v) is 9.84. The second-order valence-corrected chi connectivity index (χ2v) is 7.60. The molecule has 1 aliphatic heterocycles. The minimum absolute atomic E-state index is 0.0665. The topological polar surface area (TPSA) is 66.8 Å². The highest BCUT2D eigenvalue weighted by atomic mass is 19.4. The van der Waals surface area contributed by atoms with E-state index < -0.39 is 17.7 Å². The monoisotopic (exact) mass is 431 g/mol. The number of methoxy groups -OCH3 is 1. The van der Waals surface area contributed by atoms with Gasteiger partial charge in [-0.2, -0.15) is 13.2 Å². The average Bonchev–Trinajstić information content (AvgIpc) is 2.73. The number of anilines is 1. The van der Waals surface area contributed by atoms with E-state index in [2.05, 4.69) is 0 Å². The van der Waals surface area contributed by atoms with E-state index >= 15 is 0 Å². The van der Waals surface area contributed by atoms with Crippen molar-refractivity contribution in [3.63, 3.8) is 0 Å². The number of amides is 1. The summed E-state index contributed by atoms with van der Waals surface area (Å²) in [6.07, 6.45) is -3.37. The van der Waals surface area contributed by atoms with Crippen molar-refractivity contribution in [3.8, 4) is 11.5 Å². The fraction of sp³-hybridized carbons (Fsp3) is 0.304. The highest BCUT2D eigenvalue weighted by Crippen LogP contribution is 2.45. The quantitative estimate of drug-likeness (QED) is 0.747. The molecule has 8 heteroatoms. The first kappa shape index (κ1) is 21.0. The summed E-state index contributed by atoms with van der Waals surface area (Å²) in [6.45, 7) is 0. The Hall–Kier alpha value is -3.29. The van der Waals surface area contributed by atoms with Gasteiger partial charge >= 0.3 is 6.18 Å². The predicted octanol–water partition coefficient (Wildman–Crippen LogP) is 4.95. The number of halogens is 3. The minimum Gasteiger partial charge on any atom is -0.504 e. The molecule has 2 aromatic carbocycles. The molecule has 4 rings (SSSR count). The fourth-order valence-corrected chi connectivity index (χ4v) is 4.31. The van der Waals surface area contributed by atoms with Crippen LogP contribution >= 0.6 is 0 Å². The molecule has 5 nitrogen and oxygen atoms in total. The average molecular weight is 431 g/mol. The van der Waals surface area contributed by atoms with Crippen LogP contribution in [0.2, 0.25) is 0 Å². The van der Waals surface area contributed by atoms with Gasteiger partial charge in [0.15, 0.2) is 17.3 Å². The number of ether oxygens (including phenoxy) is 1. The van der Waals surface area contributed by atoms with Crippen molar-refractivity contribution in [2.24, 2.45) is 0 Å². The van der Waals surface area contributed by atoms with Gasteiger partial charge in [-0.15, -0.1) is 0 Å². The van der Waals surface area contributed by atoms with Gasteiger partial charge in [0.25, 0.3) is 0 Å². The summed E-state index contributed by atoms with van der Waals surface area (Å²) in [4.78, 5) is 27.3. The summed E-state index contributed by atoms with van der Waals surface area (Å²) in [5, 5.41) is 9.88. The van der Waals surface area contributed by atoms with Crippen LogP contribution in [0.4, 0.5) is 18.9 Å². The number of nitrogens with zero attached hydrogens (tertiary/aromatic N) is 1. The number of phenolic OH excluding ortho intramolecular Hbond substituents is 1. The standard InChI is InChI=1S/C23H20F3NO4/c1-31-20-10-13(8-9-18(20)28)16-12-21(30)27(17-6-3-7-19(29)22(16)17)15-5-2-4-14(11-15)23(24,25)26/h2,4-5,8-11,16,28H,3,6-7,12H2,1H3. The van der Waals surface area contributed by atoms with Gasteiger partial charge < -0.3 is 9.84 Å². The molecule has 162 valence electrons.